The zero-order valence-corrected chi connectivity index (χ0v) is 11.9. The summed E-state index contributed by atoms with van der Waals surface area (Å²) in [4.78, 5) is 37.9. The lowest BCUT2D eigenvalue weighted by molar-refractivity contribution is -0.161. The molecule has 0 saturated carbocycles. The van der Waals surface area contributed by atoms with Crippen LogP contribution in [0, 0.1) is 6.92 Å². The third-order valence-electron chi connectivity index (χ3n) is 3.52. The van der Waals surface area contributed by atoms with E-state index in [0.717, 1.165) is 4.57 Å². The molecule has 2 aliphatic heterocycles. The summed E-state index contributed by atoms with van der Waals surface area (Å²) in [5.41, 5.74) is -0.864. The molecule has 0 aromatic carbocycles. The van der Waals surface area contributed by atoms with Gasteiger partial charge >= 0.3 is 5.69 Å². The molecule has 0 spiro atoms. The quantitative estimate of drug-likeness (QED) is 0.747. The number of nitrogens with zero attached hydrogens (tertiary/aromatic N) is 1. The fourth-order valence-corrected chi connectivity index (χ4v) is 2.58. The highest BCUT2D eigenvalue weighted by Crippen LogP contribution is 2.34. The van der Waals surface area contributed by atoms with Gasteiger partial charge in [-0.05, 0) is 20.8 Å². The zero-order chi connectivity index (χ0) is 15.4. The molecule has 3 atom stereocenters. The Kier molecular flexibility index (Phi) is 3.12. The van der Waals surface area contributed by atoms with E-state index in [2.05, 4.69) is 4.98 Å². The average molecular weight is 296 g/mol. The molecule has 8 heteroatoms. The maximum atomic E-state index is 12.5. The van der Waals surface area contributed by atoms with Gasteiger partial charge in [0.15, 0.2) is 18.1 Å². The number of hydrogen-bond acceptors (Lipinski definition) is 6. The number of ether oxygens (including phenoxy) is 3. The maximum absolute atomic E-state index is 12.5. The molecule has 21 heavy (non-hydrogen) atoms. The molecule has 0 aliphatic carbocycles. The fraction of sp³-hybridized carbons (Fsp3) is 0.615. The van der Waals surface area contributed by atoms with Gasteiger partial charge < -0.3 is 14.2 Å². The van der Waals surface area contributed by atoms with Crippen molar-refractivity contribution in [3.63, 3.8) is 0 Å². The summed E-state index contributed by atoms with van der Waals surface area (Å²) >= 11 is 0. The van der Waals surface area contributed by atoms with Crippen LogP contribution in [0.3, 0.4) is 0 Å². The highest BCUT2D eigenvalue weighted by Gasteiger charge is 2.51. The van der Waals surface area contributed by atoms with Crippen molar-refractivity contribution in [3.8, 4) is 0 Å². The number of hydrogen-bond donors (Lipinski definition) is 1. The topological polar surface area (TPSA) is 99.6 Å². The molecular formula is C13H16N2O6. The molecule has 0 amide bonds. The third kappa shape index (κ3) is 2.35. The SMILES string of the molecule is Cc1cn([C@H]2OC[C@H]3OC(C)(C)O[C@H]3C2=O)c(=O)[nH]c1=O. The van der Waals surface area contributed by atoms with Crippen LogP contribution in [0.2, 0.25) is 0 Å². The largest absolute Gasteiger partial charge is 0.348 e. The Morgan fingerprint density at radius 1 is 1.29 bits per heavy atom. The minimum absolute atomic E-state index is 0.134. The predicted molar refractivity (Wildman–Crippen MR) is 69.9 cm³/mol. The maximum Gasteiger partial charge on any atom is 0.330 e. The van der Waals surface area contributed by atoms with E-state index < -0.39 is 41.3 Å². The van der Waals surface area contributed by atoms with E-state index >= 15 is 0 Å². The first-order valence-corrected chi connectivity index (χ1v) is 6.61. The van der Waals surface area contributed by atoms with E-state index in [9.17, 15) is 14.4 Å². The van der Waals surface area contributed by atoms with Crippen molar-refractivity contribution >= 4 is 5.78 Å². The van der Waals surface area contributed by atoms with Gasteiger partial charge in [-0.2, -0.15) is 0 Å². The van der Waals surface area contributed by atoms with Crippen molar-refractivity contribution in [1.82, 2.24) is 9.55 Å². The zero-order valence-electron chi connectivity index (χ0n) is 11.9. The van der Waals surface area contributed by atoms with Crippen LogP contribution in [-0.4, -0.2) is 39.9 Å². The molecular weight excluding hydrogens is 280 g/mol. The Morgan fingerprint density at radius 3 is 2.71 bits per heavy atom. The second-order valence-electron chi connectivity index (χ2n) is 5.66. The Morgan fingerprint density at radius 2 is 2.00 bits per heavy atom. The number of H-pyrrole nitrogens is 1. The number of nitrogens with one attached hydrogen (secondary N) is 1. The van der Waals surface area contributed by atoms with Crippen LogP contribution in [-0.2, 0) is 19.0 Å². The summed E-state index contributed by atoms with van der Waals surface area (Å²) in [6.07, 6.45) is -1.07. The van der Waals surface area contributed by atoms with Gasteiger partial charge in [0.05, 0.1) is 6.61 Å². The first-order valence-electron chi connectivity index (χ1n) is 6.61. The molecule has 2 fully saturated rings. The standard InChI is InChI=1S/C13H16N2O6/c1-6-4-15(12(18)14-10(6)17)11-8(16)9-7(5-19-11)20-13(2,3)21-9/h4,7,9,11H,5H2,1-3H3,(H,14,17,18)/t7-,9-,11+/m1/s1. The van der Waals surface area contributed by atoms with E-state index in [-0.39, 0.29) is 6.61 Å². The molecule has 1 N–H and O–H groups in total. The number of ketones is 1. The number of rotatable bonds is 1. The number of aryl methyl sites for hydroxylation is 1. The van der Waals surface area contributed by atoms with Crippen molar-refractivity contribution in [3.05, 3.63) is 32.6 Å². The molecule has 3 rings (SSSR count). The van der Waals surface area contributed by atoms with Crippen molar-refractivity contribution in [1.29, 1.82) is 0 Å². The number of carbonyl (C=O) groups is 1. The highest BCUT2D eigenvalue weighted by molar-refractivity contribution is 5.87. The normalized spacial score (nSPS) is 31.2. The first-order chi connectivity index (χ1) is 9.78. The van der Waals surface area contributed by atoms with Gasteiger partial charge in [-0.25, -0.2) is 4.79 Å². The molecule has 3 heterocycles. The van der Waals surface area contributed by atoms with Crippen molar-refractivity contribution in [2.45, 2.75) is 45.0 Å². The van der Waals surface area contributed by atoms with Crippen molar-refractivity contribution in [2.24, 2.45) is 0 Å². The van der Waals surface area contributed by atoms with Crippen LogP contribution in [0.15, 0.2) is 15.8 Å². The number of aromatic nitrogens is 2. The minimum Gasteiger partial charge on any atom is -0.348 e. The Hall–Kier alpha value is -1.77. The van der Waals surface area contributed by atoms with Crippen molar-refractivity contribution < 1.29 is 19.0 Å². The highest BCUT2D eigenvalue weighted by atomic mass is 16.8. The minimum atomic E-state index is -1.12. The summed E-state index contributed by atoms with van der Waals surface area (Å²) < 4.78 is 17.7. The predicted octanol–water partition coefficient (Wildman–Crippen LogP) is -0.537. The smallest absolute Gasteiger partial charge is 0.330 e. The number of Topliss-reactive ketones (excluding diaryl/α,β-unsaturated/α-hetero) is 1. The van der Waals surface area contributed by atoms with E-state index in [4.69, 9.17) is 14.2 Å². The molecule has 0 unspecified atom stereocenters. The molecule has 8 nitrogen and oxygen atoms in total. The Balaban J connectivity index is 1.95. The molecule has 0 radical (unpaired) electrons. The van der Waals surface area contributed by atoms with Crippen LogP contribution < -0.4 is 11.2 Å². The second-order valence-corrected chi connectivity index (χ2v) is 5.66. The van der Waals surface area contributed by atoms with E-state index in [1.165, 1.54) is 6.20 Å². The summed E-state index contributed by atoms with van der Waals surface area (Å²) in [5, 5.41) is 0. The van der Waals surface area contributed by atoms with Gasteiger partial charge in [0.1, 0.15) is 6.10 Å². The summed E-state index contributed by atoms with van der Waals surface area (Å²) in [7, 11) is 0. The van der Waals surface area contributed by atoms with Gasteiger partial charge in [0, 0.05) is 11.8 Å². The van der Waals surface area contributed by atoms with E-state index in [1.54, 1.807) is 20.8 Å². The molecule has 2 aliphatic rings. The molecule has 2 saturated heterocycles. The van der Waals surface area contributed by atoms with Crippen LogP contribution in [0.5, 0.6) is 0 Å². The first kappa shape index (κ1) is 14.2. The lowest BCUT2D eigenvalue weighted by Crippen LogP contribution is -2.49. The number of carbonyl (C=O) groups excluding carboxylic acids is 1. The summed E-state index contributed by atoms with van der Waals surface area (Å²) in [6, 6.07) is 0. The Labute approximate surface area is 119 Å². The lowest BCUT2D eigenvalue weighted by Gasteiger charge is -2.29. The number of fused-ring (bicyclic) bond motifs is 1. The van der Waals surface area contributed by atoms with Gasteiger partial charge in [0.2, 0.25) is 5.78 Å². The van der Waals surface area contributed by atoms with Crippen LogP contribution >= 0.6 is 0 Å². The average Bonchev–Trinajstić information content (AvgIpc) is 2.70. The number of aromatic amines is 1. The van der Waals surface area contributed by atoms with Crippen LogP contribution in [0.4, 0.5) is 0 Å². The second kappa shape index (κ2) is 4.62. The van der Waals surface area contributed by atoms with Crippen LogP contribution in [0.25, 0.3) is 0 Å². The molecule has 1 aromatic rings. The molecule has 114 valence electrons. The Bertz CT molecular complexity index is 703. The van der Waals surface area contributed by atoms with Crippen LogP contribution in [0.1, 0.15) is 25.6 Å². The van der Waals surface area contributed by atoms with E-state index in [0.29, 0.717) is 5.56 Å². The molecule has 0 bridgehead atoms. The van der Waals surface area contributed by atoms with Gasteiger partial charge in [-0.15, -0.1) is 0 Å². The lowest BCUT2D eigenvalue weighted by atomic mass is 10.1. The van der Waals surface area contributed by atoms with E-state index in [1.807, 2.05) is 0 Å². The van der Waals surface area contributed by atoms with Crippen molar-refractivity contribution in [2.75, 3.05) is 6.61 Å². The third-order valence-corrected chi connectivity index (χ3v) is 3.52. The molecule has 1 aromatic heterocycles. The summed E-state index contributed by atoms with van der Waals surface area (Å²) in [5.74, 6) is -1.26. The fourth-order valence-electron chi connectivity index (χ4n) is 2.58. The van der Waals surface area contributed by atoms with Gasteiger partial charge in [-0.3, -0.25) is 19.1 Å². The van der Waals surface area contributed by atoms with Gasteiger partial charge in [0.25, 0.3) is 5.56 Å². The summed E-state index contributed by atoms with van der Waals surface area (Å²) in [6.45, 7) is 5.10. The monoisotopic (exact) mass is 296 g/mol. The van der Waals surface area contributed by atoms with Gasteiger partial charge in [-0.1, -0.05) is 0 Å².